The van der Waals surface area contributed by atoms with Crippen LogP contribution in [0.5, 0.6) is 5.75 Å². The minimum Gasteiger partial charge on any atom is -0.499 e. The molecule has 18 heavy (non-hydrogen) atoms. The average Bonchev–Trinajstić information content (AvgIpc) is 2.56. The molecule has 3 nitrogen and oxygen atoms in total. The highest BCUT2D eigenvalue weighted by molar-refractivity contribution is 5.39. The quantitative estimate of drug-likeness (QED) is 0.764. The number of fused-ring (bicyclic) bond motifs is 1. The van der Waals surface area contributed by atoms with Gasteiger partial charge in [0.1, 0.15) is 18.5 Å². The van der Waals surface area contributed by atoms with Crippen molar-refractivity contribution in [3.8, 4) is 5.75 Å². The van der Waals surface area contributed by atoms with Crippen LogP contribution in [0, 0.1) is 0 Å². The van der Waals surface area contributed by atoms with Crippen molar-refractivity contribution in [2.45, 2.75) is 25.4 Å². The lowest BCUT2D eigenvalue weighted by Gasteiger charge is -2.19. The lowest BCUT2D eigenvalue weighted by Crippen LogP contribution is -2.10. The fraction of sp³-hybridized carbons (Fsp3) is 0.467. The van der Waals surface area contributed by atoms with E-state index in [9.17, 15) is 0 Å². The summed E-state index contributed by atoms with van der Waals surface area (Å²) in [6.45, 7) is 7.05. The molecule has 0 aliphatic carbocycles. The molecule has 0 saturated heterocycles. The molecule has 1 aromatic rings. The van der Waals surface area contributed by atoms with E-state index in [1.165, 1.54) is 17.4 Å². The maximum atomic E-state index is 5.86. The third-order valence-electron chi connectivity index (χ3n) is 3.41. The number of ether oxygens (including phenoxy) is 3. The van der Waals surface area contributed by atoms with Gasteiger partial charge in [-0.25, -0.2) is 0 Å². The molecule has 1 aromatic carbocycles. The SMILES string of the molecule is C=COCC1OCCC(C)c2cc(OC)ccc21. The standard InChI is InChI=1S/C15H20O3/c1-4-17-10-15-13-6-5-12(16-3)9-14(13)11(2)7-8-18-15/h4-6,9,11,15H,1,7-8,10H2,2-3H3. The molecule has 98 valence electrons. The molecular formula is C15H20O3. The molecule has 2 rings (SSSR count). The summed E-state index contributed by atoms with van der Waals surface area (Å²) in [7, 11) is 1.69. The Morgan fingerprint density at radius 2 is 2.28 bits per heavy atom. The smallest absolute Gasteiger partial charge is 0.119 e. The van der Waals surface area contributed by atoms with Gasteiger partial charge in [-0.3, -0.25) is 0 Å². The van der Waals surface area contributed by atoms with E-state index in [4.69, 9.17) is 14.2 Å². The van der Waals surface area contributed by atoms with Gasteiger partial charge in [-0.2, -0.15) is 0 Å². The van der Waals surface area contributed by atoms with Crippen molar-refractivity contribution in [1.29, 1.82) is 0 Å². The molecule has 0 amide bonds. The normalized spacial score (nSPS) is 22.8. The van der Waals surface area contributed by atoms with E-state index in [2.05, 4.69) is 25.6 Å². The Morgan fingerprint density at radius 1 is 1.44 bits per heavy atom. The zero-order valence-corrected chi connectivity index (χ0v) is 11.0. The fourth-order valence-electron chi connectivity index (χ4n) is 2.33. The summed E-state index contributed by atoms with van der Waals surface area (Å²) in [6.07, 6.45) is 2.46. The molecule has 1 heterocycles. The first-order chi connectivity index (χ1) is 8.76. The number of hydrogen-bond donors (Lipinski definition) is 0. The van der Waals surface area contributed by atoms with E-state index in [-0.39, 0.29) is 6.10 Å². The van der Waals surface area contributed by atoms with Gasteiger partial charge in [0.25, 0.3) is 0 Å². The molecule has 0 fully saturated rings. The molecule has 0 radical (unpaired) electrons. The van der Waals surface area contributed by atoms with Crippen molar-refractivity contribution in [2.24, 2.45) is 0 Å². The van der Waals surface area contributed by atoms with E-state index in [0.29, 0.717) is 12.5 Å². The second-order valence-corrected chi connectivity index (χ2v) is 4.54. The van der Waals surface area contributed by atoms with Crippen molar-refractivity contribution in [3.05, 3.63) is 42.2 Å². The van der Waals surface area contributed by atoms with Crippen LogP contribution in [0.2, 0.25) is 0 Å². The number of methoxy groups -OCH3 is 1. The Morgan fingerprint density at radius 3 is 3.00 bits per heavy atom. The lowest BCUT2D eigenvalue weighted by molar-refractivity contribution is 0.00940. The summed E-state index contributed by atoms with van der Waals surface area (Å²) < 4.78 is 16.4. The van der Waals surface area contributed by atoms with E-state index in [0.717, 1.165) is 18.8 Å². The van der Waals surface area contributed by atoms with Gasteiger partial charge in [-0.15, -0.1) is 0 Å². The van der Waals surface area contributed by atoms with Crippen LogP contribution in [-0.4, -0.2) is 20.3 Å². The lowest BCUT2D eigenvalue weighted by atomic mass is 9.92. The van der Waals surface area contributed by atoms with Crippen LogP contribution in [0.1, 0.15) is 36.5 Å². The first-order valence-corrected chi connectivity index (χ1v) is 6.28. The van der Waals surface area contributed by atoms with Gasteiger partial charge in [-0.05, 0) is 35.6 Å². The van der Waals surface area contributed by atoms with Crippen LogP contribution in [0.4, 0.5) is 0 Å². The minimum atomic E-state index is -0.0196. The van der Waals surface area contributed by atoms with Crippen molar-refractivity contribution >= 4 is 0 Å². The molecule has 1 aliphatic rings. The largest absolute Gasteiger partial charge is 0.499 e. The maximum Gasteiger partial charge on any atom is 0.119 e. The Labute approximate surface area is 108 Å². The summed E-state index contributed by atoms with van der Waals surface area (Å²) >= 11 is 0. The molecule has 2 unspecified atom stereocenters. The number of benzene rings is 1. The first-order valence-electron chi connectivity index (χ1n) is 6.28. The zero-order valence-electron chi connectivity index (χ0n) is 11.0. The highest BCUT2D eigenvalue weighted by Crippen LogP contribution is 2.35. The van der Waals surface area contributed by atoms with Gasteiger partial charge in [0.05, 0.1) is 13.4 Å². The van der Waals surface area contributed by atoms with Gasteiger partial charge in [-0.1, -0.05) is 19.6 Å². The predicted molar refractivity (Wildman–Crippen MR) is 70.9 cm³/mol. The van der Waals surface area contributed by atoms with Gasteiger partial charge < -0.3 is 14.2 Å². The van der Waals surface area contributed by atoms with Gasteiger partial charge in [0, 0.05) is 6.61 Å². The topological polar surface area (TPSA) is 27.7 Å². The number of rotatable bonds is 4. The maximum absolute atomic E-state index is 5.86. The Hall–Kier alpha value is -1.48. The summed E-state index contributed by atoms with van der Waals surface area (Å²) in [5, 5.41) is 0. The first kappa shape index (κ1) is 13.0. The summed E-state index contributed by atoms with van der Waals surface area (Å²) in [5.74, 6) is 1.37. The van der Waals surface area contributed by atoms with Crippen LogP contribution in [0.3, 0.4) is 0 Å². The molecule has 0 saturated carbocycles. The molecular weight excluding hydrogens is 228 g/mol. The third kappa shape index (κ3) is 2.67. The number of hydrogen-bond acceptors (Lipinski definition) is 3. The van der Waals surface area contributed by atoms with E-state index >= 15 is 0 Å². The molecule has 2 atom stereocenters. The van der Waals surface area contributed by atoms with Crippen LogP contribution in [0.15, 0.2) is 31.0 Å². The van der Waals surface area contributed by atoms with Crippen LogP contribution >= 0.6 is 0 Å². The Kier molecular flexibility index (Phi) is 4.26. The van der Waals surface area contributed by atoms with Crippen molar-refractivity contribution in [3.63, 3.8) is 0 Å². The molecule has 3 heteroatoms. The minimum absolute atomic E-state index is 0.0196. The van der Waals surface area contributed by atoms with Crippen LogP contribution in [-0.2, 0) is 9.47 Å². The van der Waals surface area contributed by atoms with Crippen molar-refractivity contribution in [2.75, 3.05) is 20.3 Å². The van der Waals surface area contributed by atoms with Gasteiger partial charge >= 0.3 is 0 Å². The molecule has 0 aromatic heterocycles. The van der Waals surface area contributed by atoms with Gasteiger partial charge in [0.2, 0.25) is 0 Å². The fourth-order valence-corrected chi connectivity index (χ4v) is 2.33. The average molecular weight is 248 g/mol. The Balaban J connectivity index is 2.33. The second kappa shape index (κ2) is 5.91. The van der Waals surface area contributed by atoms with Crippen LogP contribution < -0.4 is 4.74 Å². The highest BCUT2D eigenvalue weighted by atomic mass is 16.5. The molecule has 0 spiro atoms. The monoisotopic (exact) mass is 248 g/mol. The van der Waals surface area contributed by atoms with Crippen molar-refractivity contribution < 1.29 is 14.2 Å². The third-order valence-corrected chi connectivity index (χ3v) is 3.41. The molecule has 1 aliphatic heterocycles. The molecule has 0 bridgehead atoms. The van der Waals surface area contributed by atoms with Crippen molar-refractivity contribution in [1.82, 2.24) is 0 Å². The van der Waals surface area contributed by atoms with Crippen LogP contribution in [0.25, 0.3) is 0 Å². The molecule has 0 N–H and O–H groups in total. The van der Waals surface area contributed by atoms with Gasteiger partial charge in [0.15, 0.2) is 0 Å². The highest BCUT2D eigenvalue weighted by Gasteiger charge is 2.24. The predicted octanol–water partition coefficient (Wildman–Crippen LogP) is 3.42. The summed E-state index contributed by atoms with van der Waals surface area (Å²) in [5.41, 5.74) is 2.49. The summed E-state index contributed by atoms with van der Waals surface area (Å²) in [6, 6.07) is 6.16. The summed E-state index contributed by atoms with van der Waals surface area (Å²) in [4.78, 5) is 0. The Bertz CT molecular complexity index is 414. The van der Waals surface area contributed by atoms with E-state index in [1.807, 2.05) is 6.07 Å². The van der Waals surface area contributed by atoms with E-state index in [1.54, 1.807) is 7.11 Å². The second-order valence-electron chi connectivity index (χ2n) is 4.54. The zero-order chi connectivity index (χ0) is 13.0. The van der Waals surface area contributed by atoms with E-state index < -0.39 is 0 Å².